The largest absolute Gasteiger partial charge is 0.344 e. The molecule has 0 saturated heterocycles. The Balaban J connectivity index is 1.23. The molecular weight excluding hydrogens is 645 g/mol. The van der Waals surface area contributed by atoms with Crippen LogP contribution in [-0.4, -0.2) is 16.2 Å². The Labute approximate surface area is 308 Å². The van der Waals surface area contributed by atoms with E-state index in [1.54, 1.807) is 0 Å². The van der Waals surface area contributed by atoms with E-state index in [-0.39, 0.29) is 0 Å². The molecular formula is C49H34N4. The maximum Gasteiger partial charge on any atom is 0.159 e. The third-order valence-corrected chi connectivity index (χ3v) is 10.2. The highest BCUT2D eigenvalue weighted by molar-refractivity contribution is 6.14. The Morgan fingerprint density at radius 2 is 1.00 bits per heavy atom. The number of rotatable bonds is 6. The summed E-state index contributed by atoms with van der Waals surface area (Å²) >= 11 is 0. The molecule has 0 amide bonds. The molecule has 4 nitrogen and oxygen atoms in total. The predicted molar refractivity (Wildman–Crippen MR) is 221 cm³/mol. The second-order valence-corrected chi connectivity index (χ2v) is 13.4. The normalized spacial score (nSPS) is 14.2. The van der Waals surface area contributed by atoms with E-state index in [1.165, 1.54) is 27.3 Å². The van der Waals surface area contributed by atoms with Gasteiger partial charge < -0.3 is 9.88 Å². The Morgan fingerprint density at radius 1 is 0.415 bits per heavy atom. The number of para-hydroxylation sites is 1. The van der Waals surface area contributed by atoms with Crippen LogP contribution >= 0.6 is 0 Å². The van der Waals surface area contributed by atoms with Crippen molar-refractivity contribution in [1.82, 2.24) is 9.88 Å². The number of hydrogen-bond acceptors (Lipinski definition) is 3. The second kappa shape index (κ2) is 12.9. The molecule has 0 saturated carbocycles. The molecule has 1 aliphatic heterocycles. The van der Waals surface area contributed by atoms with Crippen molar-refractivity contribution in [3.05, 3.63) is 211 Å². The van der Waals surface area contributed by atoms with Crippen molar-refractivity contribution in [2.75, 3.05) is 0 Å². The monoisotopic (exact) mass is 678 g/mol. The lowest BCUT2D eigenvalue weighted by molar-refractivity contribution is 0.672. The predicted octanol–water partition coefficient (Wildman–Crippen LogP) is 11.8. The van der Waals surface area contributed by atoms with Crippen molar-refractivity contribution < 1.29 is 0 Å². The minimum atomic E-state index is -0.425. The van der Waals surface area contributed by atoms with Crippen molar-refractivity contribution in [3.8, 4) is 27.9 Å². The average Bonchev–Trinajstić information content (AvgIpc) is 3.57. The molecule has 250 valence electrons. The average molecular weight is 679 g/mol. The number of nitrogens with one attached hydrogen (secondary N) is 1. The van der Waals surface area contributed by atoms with E-state index in [1.807, 2.05) is 12.1 Å². The first-order chi connectivity index (χ1) is 26.3. The van der Waals surface area contributed by atoms with Gasteiger partial charge in [0.2, 0.25) is 0 Å². The fourth-order valence-corrected chi connectivity index (χ4v) is 7.71. The third-order valence-electron chi connectivity index (χ3n) is 10.2. The molecule has 9 aromatic rings. The van der Waals surface area contributed by atoms with Gasteiger partial charge in [0.15, 0.2) is 5.84 Å². The molecule has 0 fully saturated rings. The first-order valence-electron chi connectivity index (χ1n) is 18.0. The molecule has 0 radical (unpaired) electrons. The smallest absolute Gasteiger partial charge is 0.159 e. The maximum absolute atomic E-state index is 5.44. The van der Waals surface area contributed by atoms with Gasteiger partial charge in [-0.25, -0.2) is 9.98 Å². The molecule has 4 heteroatoms. The summed E-state index contributed by atoms with van der Waals surface area (Å²) in [7, 11) is 0. The van der Waals surface area contributed by atoms with Crippen LogP contribution in [0.2, 0.25) is 0 Å². The van der Waals surface area contributed by atoms with Crippen molar-refractivity contribution in [3.63, 3.8) is 0 Å². The minimum Gasteiger partial charge on any atom is -0.344 e. The van der Waals surface area contributed by atoms with Gasteiger partial charge in [0.1, 0.15) is 12.0 Å². The summed E-state index contributed by atoms with van der Waals surface area (Å²) in [5, 5.41) is 8.54. The van der Waals surface area contributed by atoms with Crippen molar-refractivity contribution >= 4 is 44.2 Å². The molecule has 1 atom stereocenters. The molecule has 0 spiro atoms. The molecule has 0 bridgehead atoms. The highest BCUT2D eigenvalue weighted by Crippen LogP contribution is 2.40. The van der Waals surface area contributed by atoms with Crippen LogP contribution in [0.15, 0.2) is 204 Å². The lowest BCUT2D eigenvalue weighted by atomic mass is 9.99. The molecule has 1 aromatic heterocycles. The van der Waals surface area contributed by atoms with E-state index < -0.39 is 6.17 Å². The van der Waals surface area contributed by atoms with Gasteiger partial charge in [-0.3, -0.25) is 0 Å². The number of hydrogen-bond donors (Lipinski definition) is 1. The third kappa shape index (κ3) is 5.49. The zero-order chi connectivity index (χ0) is 35.1. The van der Waals surface area contributed by atoms with Crippen molar-refractivity contribution in [2.45, 2.75) is 6.17 Å². The second-order valence-electron chi connectivity index (χ2n) is 13.4. The molecule has 8 aromatic carbocycles. The van der Waals surface area contributed by atoms with Crippen LogP contribution in [0.4, 0.5) is 0 Å². The topological polar surface area (TPSA) is 41.7 Å². The van der Waals surface area contributed by atoms with Crippen LogP contribution < -0.4 is 5.32 Å². The van der Waals surface area contributed by atoms with Gasteiger partial charge in [-0.2, -0.15) is 0 Å². The molecule has 0 aliphatic carbocycles. The zero-order valence-electron chi connectivity index (χ0n) is 28.9. The van der Waals surface area contributed by atoms with Crippen molar-refractivity contribution in [2.24, 2.45) is 9.98 Å². The van der Waals surface area contributed by atoms with Gasteiger partial charge in [0.05, 0.1) is 16.7 Å². The molecule has 1 aliphatic rings. The van der Waals surface area contributed by atoms with Crippen LogP contribution in [0.25, 0.3) is 60.5 Å². The van der Waals surface area contributed by atoms with Crippen LogP contribution in [-0.2, 0) is 0 Å². The summed E-state index contributed by atoms with van der Waals surface area (Å²) in [6, 6.07) is 68.7. The number of amidine groups is 2. The quantitative estimate of drug-likeness (QED) is 0.187. The summed E-state index contributed by atoms with van der Waals surface area (Å²) in [6.45, 7) is 0. The van der Waals surface area contributed by atoms with E-state index in [9.17, 15) is 0 Å². The van der Waals surface area contributed by atoms with E-state index >= 15 is 0 Å². The van der Waals surface area contributed by atoms with Crippen LogP contribution in [0.5, 0.6) is 0 Å². The van der Waals surface area contributed by atoms with Gasteiger partial charge >= 0.3 is 0 Å². The minimum absolute atomic E-state index is 0.425. The lowest BCUT2D eigenvalue weighted by Crippen LogP contribution is -2.34. The maximum atomic E-state index is 5.44. The summed E-state index contributed by atoms with van der Waals surface area (Å²) in [5.74, 6) is 1.48. The Kier molecular flexibility index (Phi) is 7.51. The Morgan fingerprint density at radius 3 is 1.75 bits per heavy atom. The van der Waals surface area contributed by atoms with Crippen LogP contribution in [0.1, 0.15) is 22.9 Å². The fourth-order valence-electron chi connectivity index (χ4n) is 7.71. The zero-order valence-corrected chi connectivity index (χ0v) is 28.9. The first kappa shape index (κ1) is 30.8. The highest BCUT2D eigenvalue weighted by atomic mass is 15.2. The Bertz CT molecular complexity index is 2850. The number of benzene rings is 8. The van der Waals surface area contributed by atoms with Gasteiger partial charge in [-0.1, -0.05) is 176 Å². The number of aliphatic imine (C=N–C) groups is 2. The summed E-state index contributed by atoms with van der Waals surface area (Å²) < 4.78 is 2.45. The standard InChI is InChI=1S/C49H34N4/c1-4-15-33(16-5-1)37-22-14-23-39(31-37)48-50-47(36-20-8-3-9-21-36)51-49(52-48)43-30-27-35-19-10-11-24-40(35)46(43)53-44-26-13-12-25-41(44)42-29-28-38(32-45(42)53)34-17-6-2-7-18-34/h1-32,49H,(H,50,51,52). The lowest BCUT2D eigenvalue weighted by Gasteiger charge is -2.27. The molecule has 1 N–H and O–H groups in total. The summed E-state index contributed by atoms with van der Waals surface area (Å²) in [6.07, 6.45) is -0.425. The number of nitrogens with zero attached hydrogens (tertiary/aromatic N) is 3. The number of fused-ring (bicyclic) bond motifs is 4. The van der Waals surface area contributed by atoms with Crippen molar-refractivity contribution in [1.29, 1.82) is 0 Å². The van der Waals surface area contributed by atoms with E-state index in [0.717, 1.165) is 55.8 Å². The van der Waals surface area contributed by atoms with Gasteiger partial charge in [-0.15, -0.1) is 0 Å². The summed E-state index contributed by atoms with van der Waals surface area (Å²) in [4.78, 5) is 10.6. The molecule has 1 unspecified atom stereocenters. The van der Waals surface area contributed by atoms with E-state index in [4.69, 9.17) is 9.98 Å². The van der Waals surface area contributed by atoms with E-state index in [0.29, 0.717) is 5.84 Å². The van der Waals surface area contributed by atoms with Gasteiger partial charge in [0, 0.05) is 32.8 Å². The fraction of sp³-hybridized carbons (Fsp3) is 0.0204. The van der Waals surface area contributed by atoms with E-state index in [2.05, 4.69) is 192 Å². The van der Waals surface area contributed by atoms with Gasteiger partial charge in [-0.05, 0) is 45.8 Å². The van der Waals surface area contributed by atoms with Crippen LogP contribution in [0.3, 0.4) is 0 Å². The van der Waals surface area contributed by atoms with Gasteiger partial charge in [0.25, 0.3) is 0 Å². The first-order valence-corrected chi connectivity index (χ1v) is 18.0. The van der Waals surface area contributed by atoms with Crippen LogP contribution in [0, 0.1) is 0 Å². The SMILES string of the molecule is c1ccc(C2=NC(c3cccc(-c4ccccc4)c3)=NC(c3ccc4ccccc4c3-n3c4ccccc4c4ccc(-c5ccccc5)cc43)N2)cc1. The molecule has 10 rings (SSSR count). The molecule has 53 heavy (non-hydrogen) atoms. The Hall–Kier alpha value is -7.04. The number of aromatic nitrogens is 1. The summed E-state index contributed by atoms with van der Waals surface area (Å²) in [5.41, 5.74) is 11.1. The highest BCUT2D eigenvalue weighted by Gasteiger charge is 2.26. The molecule has 2 heterocycles.